The van der Waals surface area contributed by atoms with E-state index in [1.807, 2.05) is 24.3 Å². The molecular formula is C27H37N5O5. The third-order valence-electron chi connectivity index (χ3n) is 5.32. The summed E-state index contributed by atoms with van der Waals surface area (Å²) in [7, 11) is 1.20. The summed E-state index contributed by atoms with van der Waals surface area (Å²) in [4.78, 5) is 46.0. The normalized spacial score (nSPS) is 11.7. The first-order valence-electron chi connectivity index (χ1n) is 12.1. The lowest BCUT2D eigenvalue weighted by Crippen LogP contribution is -2.50. The van der Waals surface area contributed by atoms with Crippen LogP contribution in [0.5, 0.6) is 0 Å². The van der Waals surface area contributed by atoms with Gasteiger partial charge < -0.3 is 25.4 Å². The van der Waals surface area contributed by atoms with Gasteiger partial charge in [-0.05, 0) is 58.6 Å². The van der Waals surface area contributed by atoms with Gasteiger partial charge in [0.1, 0.15) is 11.6 Å². The van der Waals surface area contributed by atoms with E-state index in [4.69, 9.17) is 9.47 Å². The van der Waals surface area contributed by atoms with E-state index in [0.29, 0.717) is 23.9 Å². The van der Waals surface area contributed by atoms with E-state index in [9.17, 15) is 14.4 Å². The summed E-state index contributed by atoms with van der Waals surface area (Å²) >= 11 is 0. The number of hydrogen-bond donors (Lipinski definition) is 3. The van der Waals surface area contributed by atoms with Gasteiger partial charge in [0.25, 0.3) is 5.91 Å². The average molecular weight is 512 g/mol. The molecule has 1 heterocycles. The minimum atomic E-state index is -1.12. The first-order chi connectivity index (χ1) is 17.4. The number of nitrogens with one attached hydrogen (secondary N) is 3. The predicted octanol–water partition coefficient (Wildman–Crippen LogP) is 3.58. The molecule has 37 heavy (non-hydrogen) atoms. The van der Waals surface area contributed by atoms with Crippen LogP contribution in [0.2, 0.25) is 0 Å². The average Bonchev–Trinajstić information content (AvgIpc) is 2.82. The maximum atomic E-state index is 13.0. The van der Waals surface area contributed by atoms with Gasteiger partial charge in [-0.25, -0.2) is 19.6 Å². The number of benzene rings is 1. The Hall–Kier alpha value is -3.95. The lowest BCUT2D eigenvalue weighted by atomic mass is 10.0. The van der Waals surface area contributed by atoms with Gasteiger partial charge in [-0.15, -0.1) is 0 Å². The Morgan fingerprint density at radius 2 is 1.76 bits per heavy atom. The zero-order chi connectivity index (χ0) is 27.6. The number of aryl methyl sites for hydroxylation is 3. The molecule has 2 rings (SSSR count). The quantitative estimate of drug-likeness (QED) is 0.308. The summed E-state index contributed by atoms with van der Waals surface area (Å²) in [6.45, 7) is 12.8. The highest BCUT2D eigenvalue weighted by molar-refractivity contribution is 5.98. The Kier molecular flexibility index (Phi) is 10.6. The van der Waals surface area contributed by atoms with Crippen LogP contribution < -0.4 is 16.0 Å². The maximum Gasteiger partial charge on any atom is 0.407 e. The molecule has 1 atom stereocenters. The molecule has 0 saturated heterocycles. The lowest BCUT2D eigenvalue weighted by molar-refractivity contribution is -0.142. The van der Waals surface area contributed by atoms with Crippen LogP contribution in [0.4, 0.5) is 10.7 Å². The molecule has 3 N–H and O–H groups in total. The van der Waals surface area contributed by atoms with Crippen molar-refractivity contribution >= 4 is 30.0 Å². The Morgan fingerprint density at radius 3 is 2.35 bits per heavy atom. The smallest absolute Gasteiger partial charge is 0.407 e. The number of alkyl carbamates (subject to hydrolysis) is 1. The molecule has 0 bridgehead atoms. The summed E-state index contributed by atoms with van der Waals surface area (Å²) in [6.07, 6.45) is 2.87. The van der Waals surface area contributed by atoms with Crippen LogP contribution >= 0.6 is 0 Å². The number of carbonyl (C=O) groups is 3. The van der Waals surface area contributed by atoms with E-state index < -0.39 is 29.6 Å². The van der Waals surface area contributed by atoms with Gasteiger partial charge in [0, 0.05) is 6.54 Å². The highest BCUT2D eigenvalue weighted by atomic mass is 16.6. The molecule has 0 saturated carbocycles. The highest BCUT2D eigenvalue weighted by Crippen LogP contribution is 2.15. The molecule has 0 aliphatic carbocycles. The van der Waals surface area contributed by atoms with Crippen LogP contribution in [0.1, 0.15) is 60.1 Å². The van der Waals surface area contributed by atoms with Gasteiger partial charge in [0.05, 0.1) is 30.6 Å². The van der Waals surface area contributed by atoms with Crippen LogP contribution in [0, 0.1) is 13.8 Å². The molecular weight excluding hydrogens is 474 g/mol. The molecule has 0 fully saturated rings. The standard InChI is InChI=1S/C27H37N5O5/c1-8-19-12-9-10-13-20(19)14-11-15-28-25-30-17(2)22(18(3)31-25)23(33)32-21(24(34)36-7)16-29-26(35)37-27(4,5)6/h8-10,12-13,21H,1,11,14-16H2,2-7H3,(H,29,35)(H,32,33)(H,28,30,31). The molecule has 0 aliphatic rings. The van der Waals surface area contributed by atoms with E-state index >= 15 is 0 Å². The molecule has 2 aromatic rings. The van der Waals surface area contributed by atoms with Crippen molar-refractivity contribution in [1.29, 1.82) is 0 Å². The van der Waals surface area contributed by atoms with Gasteiger partial charge in [-0.3, -0.25) is 4.79 Å². The molecule has 1 unspecified atom stereocenters. The van der Waals surface area contributed by atoms with Gasteiger partial charge in [-0.2, -0.15) is 0 Å². The van der Waals surface area contributed by atoms with Gasteiger partial charge in [0.15, 0.2) is 0 Å². The molecule has 1 aromatic carbocycles. The summed E-state index contributed by atoms with van der Waals surface area (Å²) in [5, 5.41) is 8.27. The Morgan fingerprint density at radius 1 is 1.11 bits per heavy atom. The Labute approximate surface area is 218 Å². The number of hydrogen-bond acceptors (Lipinski definition) is 8. The SMILES string of the molecule is C=Cc1ccccc1CCCNc1nc(C)c(C(=O)NC(CNC(=O)OC(C)(C)C)C(=O)OC)c(C)n1. The van der Waals surface area contributed by atoms with Crippen molar-refractivity contribution in [2.75, 3.05) is 25.5 Å². The van der Waals surface area contributed by atoms with Crippen molar-refractivity contribution in [3.8, 4) is 0 Å². The zero-order valence-electron chi connectivity index (χ0n) is 22.4. The molecule has 10 nitrogen and oxygen atoms in total. The van der Waals surface area contributed by atoms with E-state index in [2.05, 4.69) is 38.6 Å². The third-order valence-corrected chi connectivity index (χ3v) is 5.32. The third kappa shape index (κ3) is 9.21. The first-order valence-corrected chi connectivity index (χ1v) is 12.1. The van der Waals surface area contributed by atoms with Crippen LogP contribution in [-0.4, -0.2) is 59.8 Å². The topological polar surface area (TPSA) is 132 Å². The van der Waals surface area contributed by atoms with E-state index in [1.54, 1.807) is 34.6 Å². The summed E-state index contributed by atoms with van der Waals surface area (Å²) in [6, 6.07) is 6.99. The van der Waals surface area contributed by atoms with Crippen LogP contribution in [0.15, 0.2) is 30.8 Å². The molecule has 2 amide bonds. The summed E-state index contributed by atoms with van der Waals surface area (Å²) in [5.74, 6) is -0.847. The van der Waals surface area contributed by atoms with Crippen molar-refractivity contribution in [3.05, 3.63) is 58.9 Å². The second kappa shape index (κ2) is 13.4. The first kappa shape index (κ1) is 29.3. The lowest BCUT2D eigenvalue weighted by Gasteiger charge is -2.22. The number of nitrogens with zero attached hydrogens (tertiary/aromatic N) is 2. The van der Waals surface area contributed by atoms with Crippen molar-refractivity contribution in [2.45, 2.75) is 59.1 Å². The number of carbonyl (C=O) groups excluding carboxylic acids is 3. The van der Waals surface area contributed by atoms with E-state index in [-0.39, 0.29) is 12.1 Å². The number of methoxy groups -OCH3 is 1. The zero-order valence-corrected chi connectivity index (χ0v) is 22.4. The minimum Gasteiger partial charge on any atom is -0.467 e. The van der Waals surface area contributed by atoms with Crippen molar-refractivity contribution in [3.63, 3.8) is 0 Å². The number of rotatable bonds is 11. The number of anilines is 1. The predicted molar refractivity (Wildman–Crippen MR) is 142 cm³/mol. The van der Waals surface area contributed by atoms with Crippen molar-refractivity contribution < 1.29 is 23.9 Å². The van der Waals surface area contributed by atoms with Crippen LogP contribution in [0.3, 0.4) is 0 Å². The van der Waals surface area contributed by atoms with E-state index in [1.165, 1.54) is 12.7 Å². The highest BCUT2D eigenvalue weighted by Gasteiger charge is 2.26. The molecule has 10 heteroatoms. The van der Waals surface area contributed by atoms with Crippen LogP contribution in [0.25, 0.3) is 6.08 Å². The fourth-order valence-corrected chi connectivity index (χ4v) is 3.63. The van der Waals surface area contributed by atoms with Gasteiger partial charge in [0.2, 0.25) is 5.95 Å². The Balaban J connectivity index is 2.00. The molecule has 200 valence electrons. The molecule has 0 aliphatic heterocycles. The fourth-order valence-electron chi connectivity index (χ4n) is 3.63. The van der Waals surface area contributed by atoms with Crippen molar-refractivity contribution in [1.82, 2.24) is 20.6 Å². The second-order valence-corrected chi connectivity index (χ2v) is 9.46. The van der Waals surface area contributed by atoms with Gasteiger partial charge in [-0.1, -0.05) is 36.9 Å². The number of ether oxygens (including phenoxy) is 2. The second-order valence-electron chi connectivity index (χ2n) is 9.46. The summed E-state index contributed by atoms with van der Waals surface area (Å²) in [5.41, 5.74) is 2.79. The fraction of sp³-hybridized carbons (Fsp3) is 0.444. The number of aromatic nitrogens is 2. The molecule has 1 aromatic heterocycles. The maximum absolute atomic E-state index is 13.0. The van der Waals surface area contributed by atoms with E-state index in [0.717, 1.165) is 18.4 Å². The number of esters is 1. The van der Waals surface area contributed by atoms with Crippen molar-refractivity contribution in [2.24, 2.45) is 0 Å². The summed E-state index contributed by atoms with van der Waals surface area (Å²) < 4.78 is 9.94. The monoisotopic (exact) mass is 511 g/mol. The molecule has 0 spiro atoms. The largest absolute Gasteiger partial charge is 0.467 e. The van der Waals surface area contributed by atoms with Gasteiger partial charge >= 0.3 is 12.1 Å². The van der Waals surface area contributed by atoms with Crippen LogP contribution in [-0.2, 0) is 20.7 Å². The Bertz CT molecular complexity index is 1100. The minimum absolute atomic E-state index is 0.207. The molecule has 0 radical (unpaired) electrons. The number of amides is 2.